The number of hydrogen-bond donors (Lipinski definition) is 1. The van der Waals surface area contributed by atoms with E-state index in [0.29, 0.717) is 5.82 Å². The minimum Gasteiger partial charge on any atom is -0.311 e. The molecule has 1 N–H and O–H groups in total. The molecular formula is C28H25N7O. The predicted molar refractivity (Wildman–Crippen MR) is 141 cm³/mol. The second kappa shape index (κ2) is 7.98. The summed E-state index contributed by atoms with van der Waals surface area (Å²) in [5, 5.41) is 12.3. The Kier molecular flexibility index (Phi) is 4.86. The van der Waals surface area contributed by atoms with Crippen LogP contribution >= 0.6 is 0 Å². The first kappa shape index (κ1) is 21.9. The van der Waals surface area contributed by atoms with Gasteiger partial charge in [-0.15, -0.1) is 10.2 Å². The number of anilines is 1. The molecule has 0 aliphatic carbocycles. The molecule has 0 bridgehead atoms. The molecule has 0 unspecified atom stereocenters. The molecule has 0 spiro atoms. The maximum Gasteiger partial charge on any atom is 0.241 e. The van der Waals surface area contributed by atoms with Crippen molar-refractivity contribution in [3.05, 3.63) is 78.9 Å². The van der Waals surface area contributed by atoms with Gasteiger partial charge in [0, 0.05) is 29.8 Å². The molecule has 0 atom stereocenters. The van der Waals surface area contributed by atoms with Crippen molar-refractivity contribution in [1.29, 1.82) is 0 Å². The third kappa shape index (κ3) is 3.58. The van der Waals surface area contributed by atoms with Gasteiger partial charge in [-0.3, -0.25) is 18.7 Å². The van der Waals surface area contributed by atoms with E-state index in [1.165, 1.54) is 12.5 Å². The van der Waals surface area contributed by atoms with Crippen LogP contribution in [-0.2, 0) is 10.2 Å². The Bertz CT molecular complexity index is 1750. The Morgan fingerprint density at radius 1 is 0.917 bits per heavy atom. The number of benzene rings is 2. The Labute approximate surface area is 207 Å². The Morgan fingerprint density at radius 2 is 1.69 bits per heavy atom. The monoisotopic (exact) mass is 475 g/mol. The number of fused-ring (bicyclic) bond motifs is 5. The van der Waals surface area contributed by atoms with Gasteiger partial charge < -0.3 is 5.32 Å². The maximum absolute atomic E-state index is 11.3. The van der Waals surface area contributed by atoms with Gasteiger partial charge in [0.2, 0.25) is 11.7 Å². The summed E-state index contributed by atoms with van der Waals surface area (Å²) in [5.74, 6) is 1.11. The molecule has 0 radical (unpaired) electrons. The Balaban J connectivity index is 1.57. The van der Waals surface area contributed by atoms with Crippen molar-refractivity contribution in [3.8, 4) is 16.8 Å². The zero-order valence-corrected chi connectivity index (χ0v) is 20.5. The normalized spacial score (nSPS) is 12.0. The van der Waals surface area contributed by atoms with E-state index in [1.54, 1.807) is 18.6 Å². The first-order valence-corrected chi connectivity index (χ1v) is 11.8. The number of carbonyl (C=O) groups is 1. The highest BCUT2D eigenvalue weighted by Crippen LogP contribution is 2.33. The summed E-state index contributed by atoms with van der Waals surface area (Å²) in [6.07, 6.45) is 5.36. The van der Waals surface area contributed by atoms with E-state index in [-0.39, 0.29) is 11.3 Å². The fourth-order valence-electron chi connectivity index (χ4n) is 4.58. The summed E-state index contributed by atoms with van der Waals surface area (Å²) >= 11 is 0. The number of imidazole rings is 1. The Hall–Kier alpha value is -4.59. The molecule has 6 rings (SSSR count). The number of pyridine rings is 2. The molecule has 0 aliphatic heterocycles. The van der Waals surface area contributed by atoms with Gasteiger partial charge in [-0.1, -0.05) is 39.0 Å². The minimum atomic E-state index is -0.148. The number of nitrogens with one attached hydrogen (secondary N) is 1. The summed E-state index contributed by atoms with van der Waals surface area (Å²) < 4.78 is 4.11. The number of amides is 1. The fraction of sp³-hybridized carbons (Fsp3) is 0.179. The van der Waals surface area contributed by atoms with Gasteiger partial charge in [-0.05, 0) is 52.9 Å². The number of nitrogens with zero attached hydrogens (tertiary/aromatic N) is 6. The fourth-order valence-corrected chi connectivity index (χ4v) is 4.58. The van der Waals surface area contributed by atoms with E-state index in [0.717, 1.165) is 44.5 Å². The van der Waals surface area contributed by atoms with Crippen LogP contribution in [0.2, 0.25) is 0 Å². The van der Waals surface area contributed by atoms with Crippen molar-refractivity contribution in [1.82, 2.24) is 29.1 Å². The van der Waals surface area contributed by atoms with Crippen molar-refractivity contribution in [2.75, 3.05) is 5.32 Å². The lowest BCUT2D eigenvalue weighted by molar-refractivity contribution is -0.114. The molecule has 0 saturated carbocycles. The highest BCUT2D eigenvalue weighted by Gasteiger charge is 2.19. The quantitative estimate of drug-likeness (QED) is 0.363. The first-order chi connectivity index (χ1) is 17.3. The largest absolute Gasteiger partial charge is 0.311 e. The number of aromatic nitrogens is 6. The van der Waals surface area contributed by atoms with Crippen LogP contribution in [0.15, 0.2) is 73.3 Å². The highest BCUT2D eigenvalue weighted by molar-refractivity contribution is 6.06. The van der Waals surface area contributed by atoms with Crippen molar-refractivity contribution >= 4 is 39.4 Å². The number of hydrogen-bond acceptors (Lipinski definition) is 5. The van der Waals surface area contributed by atoms with E-state index >= 15 is 0 Å². The van der Waals surface area contributed by atoms with Crippen LogP contribution in [0.3, 0.4) is 0 Å². The average Bonchev–Trinajstić information content (AvgIpc) is 3.44. The third-order valence-electron chi connectivity index (χ3n) is 6.43. The Morgan fingerprint density at radius 3 is 2.39 bits per heavy atom. The van der Waals surface area contributed by atoms with Crippen LogP contribution < -0.4 is 5.32 Å². The summed E-state index contributed by atoms with van der Waals surface area (Å²) in [4.78, 5) is 20.4. The molecule has 4 aromatic heterocycles. The molecule has 0 aliphatic rings. The maximum atomic E-state index is 11.3. The van der Waals surface area contributed by atoms with Crippen LogP contribution in [-0.4, -0.2) is 35.0 Å². The molecule has 36 heavy (non-hydrogen) atoms. The van der Waals surface area contributed by atoms with Gasteiger partial charge in [0.1, 0.15) is 12.1 Å². The van der Waals surface area contributed by atoms with E-state index in [4.69, 9.17) is 4.98 Å². The molecule has 0 fully saturated rings. The van der Waals surface area contributed by atoms with Gasteiger partial charge in [0.25, 0.3) is 0 Å². The van der Waals surface area contributed by atoms with Gasteiger partial charge >= 0.3 is 0 Å². The van der Waals surface area contributed by atoms with Crippen LogP contribution in [0, 0.1) is 0 Å². The smallest absolute Gasteiger partial charge is 0.241 e. The summed E-state index contributed by atoms with van der Waals surface area (Å²) in [5.41, 5.74) is 7.12. The zero-order valence-electron chi connectivity index (χ0n) is 20.5. The van der Waals surface area contributed by atoms with Crippen LogP contribution in [0.5, 0.6) is 0 Å². The lowest BCUT2D eigenvalue weighted by Crippen LogP contribution is -2.10. The minimum absolute atomic E-state index is 0.0660. The van der Waals surface area contributed by atoms with Gasteiger partial charge in [-0.2, -0.15) is 0 Å². The highest BCUT2D eigenvalue weighted by atomic mass is 16.1. The topological polar surface area (TPSA) is 90.0 Å². The summed E-state index contributed by atoms with van der Waals surface area (Å²) in [6.45, 7) is 8.10. The van der Waals surface area contributed by atoms with Crippen molar-refractivity contribution < 1.29 is 4.79 Å². The molecule has 8 nitrogen and oxygen atoms in total. The molecule has 2 aromatic carbocycles. The van der Waals surface area contributed by atoms with Crippen LogP contribution in [0.1, 0.15) is 33.3 Å². The average molecular weight is 476 g/mol. The number of rotatable bonds is 3. The van der Waals surface area contributed by atoms with Crippen molar-refractivity contribution in [2.24, 2.45) is 0 Å². The molecule has 178 valence electrons. The summed E-state index contributed by atoms with van der Waals surface area (Å²) in [7, 11) is 0. The first-order valence-electron chi connectivity index (χ1n) is 11.8. The van der Waals surface area contributed by atoms with E-state index < -0.39 is 0 Å². The van der Waals surface area contributed by atoms with E-state index in [9.17, 15) is 4.79 Å². The van der Waals surface area contributed by atoms with Gasteiger partial charge in [-0.25, -0.2) is 4.98 Å². The molecule has 8 heteroatoms. The zero-order chi connectivity index (χ0) is 25.0. The molecule has 1 amide bonds. The van der Waals surface area contributed by atoms with Crippen LogP contribution in [0.25, 0.3) is 44.5 Å². The number of carbonyl (C=O) groups excluding carboxylic acids is 1. The SMILES string of the molecule is CC(=O)Nc1ccc(-c2ccc3ncc4c(c3c2)n(-c2ccc(C(C)(C)C)cc2)c2nncn42)cn1. The van der Waals surface area contributed by atoms with Crippen LogP contribution in [0.4, 0.5) is 5.82 Å². The molecular weight excluding hydrogens is 450 g/mol. The lowest BCUT2D eigenvalue weighted by Gasteiger charge is -2.19. The summed E-state index contributed by atoms with van der Waals surface area (Å²) in [6, 6.07) is 18.6. The lowest BCUT2D eigenvalue weighted by atomic mass is 9.87. The van der Waals surface area contributed by atoms with Gasteiger partial charge in [0.15, 0.2) is 0 Å². The molecule has 4 heterocycles. The predicted octanol–water partition coefficient (Wildman–Crippen LogP) is 5.54. The third-order valence-corrected chi connectivity index (χ3v) is 6.43. The van der Waals surface area contributed by atoms with E-state index in [2.05, 4.69) is 76.2 Å². The standard InChI is InChI=1S/C28H25N7O/c1-17(36)32-25-12-6-19(14-30-25)18-5-11-23-22(13-18)26-24(15-29-23)34-16-31-33-27(34)35(26)21-9-7-20(8-10-21)28(2,3)4/h5-16H,1-4H3,(H,30,32,36). The van der Waals surface area contributed by atoms with E-state index in [1.807, 2.05) is 28.8 Å². The second-order valence-corrected chi connectivity index (χ2v) is 9.97. The molecule has 6 aromatic rings. The second-order valence-electron chi connectivity index (χ2n) is 9.97. The van der Waals surface area contributed by atoms with Crippen molar-refractivity contribution in [3.63, 3.8) is 0 Å². The van der Waals surface area contributed by atoms with Crippen molar-refractivity contribution in [2.45, 2.75) is 33.1 Å². The molecule has 0 saturated heterocycles. The van der Waals surface area contributed by atoms with Gasteiger partial charge in [0.05, 0.1) is 22.7 Å².